The molecule has 0 atom stereocenters. The minimum absolute atomic E-state index is 0.100. The van der Waals surface area contributed by atoms with Crippen molar-refractivity contribution < 1.29 is 14.3 Å². The highest BCUT2D eigenvalue weighted by molar-refractivity contribution is 6.30. The number of pyridine rings is 1. The number of rotatable bonds is 7. The number of morpholine rings is 1. The number of halogens is 1. The lowest BCUT2D eigenvalue weighted by atomic mass is 10.1. The summed E-state index contributed by atoms with van der Waals surface area (Å²) in [5.41, 5.74) is 3.06. The summed E-state index contributed by atoms with van der Waals surface area (Å²) in [6.45, 7) is 7.19. The number of amides is 1. The Labute approximate surface area is 187 Å². The van der Waals surface area contributed by atoms with Crippen molar-refractivity contribution in [3.8, 4) is 17.0 Å². The molecule has 0 unspecified atom stereocenters. The molecule has 0 bridgehead atoms. The SMILES string of the molecule is CCOc1cc(-c2cccc(Cl)c2)nc2ccc(C(=O)NCCN3CCOCC3)cc12. The smallest absolute Gasteiger partial charge is 0.251 e. The largest absolute Gasteiger partial charge is 0.493 e. The van der Waals surface area contributed by atoms with Crippen molar-refractivity contribution in [2.45, 2.75) is 6.92 Å². The van der Waals surface area contributed by atoms with Gasteiger partial charge in [0.2, 0.25) is 0 Å². The number of ether oxygens (including phenoxy) is 2. The Morgan fingerprint density at radius 3 is 2.81 bits per heavy atom. The average Bonchev–Trinajstić information content (AvgIpc) is 2.79. The topological polar surface area (TPSA) is 63.7 Å². The van der Waals surface area contributed by atoms with Gasteiger partial charge in [-0.3, -0.25) is 9.69 Å². The highest BCUT2D eigenvalue weighted by atomic mass is 35.5. The molecule has 0 spiro atoms. The maximum absolute atomic E-state index is 12.7. The van der Waals surface area contributed by atoms with Crippen molar-refractivity contribution in [2.24, 2.45) is 0 Å². The summed E-state index contributed by atoms with van der Waals surface area (Å²) >= 11 is 6.15. The maximum atomic E-state index is 12.7. The van der Waals surface area contributed by atoms with E-state index in [1.807, 2.05) is 49.4 Å². The Bertz CT molecular complexity index is 1070. The predicted octanol–water partition coefficient (Wildman–Crippen LogP) is 4.02. The Kier molecular flexibility index (Phi) is 7.02. The molecular formula is C24H26ClN3O3. The van der Waals surface area contributed by atoms with Gasteiger partial charge in [-0.25, -0.2) is 4.98 Å². The minimum Gasteiger partial charge on any atom is -0.493 e. The molecule has 1 amide bonds. The first-order valence-electron chi connectivity index (χ1n) is 10.6. The van der Waals surface area contributed by atoms with E-state index in [-0.39, 0.29) is 5.91 Å². The molecule has 2 heterocycles. The van der Waals surface area contributed by atoms with Gasteiger partial charge in [0.25, 0.3) is 5.91 Å². The molecule has 2 aromatic carbocycles. The quantitative estimate of drug-likeness (QED) is 0.602. The lowest BCUT2D eigenvalue weighted by molar-refractivity contribution is 0.0383. The van der Waals surface area contributed by atoms with E-state index in [2.05, 4.69) is 10.2 Å². The normalized spacial score (nSPS) is 14.5. The Hall–Kier alpha value is -2.67. The lowest BCUT2D eigenvalue weighted by Crippen LogP contribution is -2.41. The lowest BCUT2D eigenvalue weighted by Gasteiger charge is -2.26. The molecule has 162 valence electrons. The third-order valence-corrected chi connectivity index (χ3v) is 5.51. The van der Waals surface area contributed by atoms with Crippen LogP contribution in [-0.4, -0.2) is 61.8 Å². The van der Waals surface area contributed by atoms with Crippen LogP contribution in [0.3, 0.4) is 0 Å². The molecule has 0 aliphatic carbocycles. The van der Waals surface area contributed by atoms with Crippen LogP contribution in [0.15, 0.2) is 48.5 Å². The molecule has 0 radical (unpaired) electrons. The van der Waals surface area contributed by atoms with Gasteiger partial charge < -0.3 is 14.8 Å². The summed E-state index contributed by atoms with van der Waals surface area (Å²) in [5, 5.41) is 4.48. The number of fused-ring (bicyclic) bond motifs is 1. The van der Waals surface area contributed by atoms with Gasteiger partial charge in [-0.2, -0.15) is 0 Å². The number of aromatic nitrogens is 1. The van der Waals surface area contributed by atoms with Crippen LogP contribution in [0.5, 0.6) is 5.75 Å². The molecule has 1 saturated heterocycles. The van der Waals surface area contributed by atoms with Crippen molar-refractivity contribution in [3.05, 3.63) is 59.1 Å². The Balaban J connectivity index is 1.55. The van der Waals surface area contributed by atoms with E-state index in [1.165, 1.54) is 0 Å². The maximum Gasteiger partial charge on any atom is 0.251 e. The standard InChI is InChI=1S/C24H26ClN3O3/c1-2-31-23-16-22(17-4-3-5-19(25)14-17)27-21-7-6-18(15-20(21)23)24(29)26-8-9-28-10-12-30-13-11-28/h3-7,14-16H,2,8-13H2,1H3,(H,26,29). The second-order valence-corrected chi connectivity index (χ2v) is 7.83. The van der Waals surface area contributed by atoms with Crippen molar-refractivity contribution in [2.75, 3.05) is 46.0 Å². The van der Waals surface area contributed by atoms with Crippen LogP contribution in [0.2, 0.25) is 5.02 Å². The van der Waals surface area contributed by atoms with E-state index >= 15 is 0 Å². The van der Waals surface area contributed by atoms with Crippen LogP contribution < -0.4 is 10.1 Å². The summed E-state index contributed by atoms with van der Waals surface area (Å²) in [7, 11) is 0. The zero-order valence-corrected chi connectivity index (χ0v) is 18.3. The summed E-state index contributed by atoms with van der Waals surface area (Å²) in [6, 6.07) is 15.0. The van der Waals surface area contributed by atoms with Gasteiger partial charge in [0.15, 0.2) is 0 Å². The van der Waals surface area contributed by atoms with E-state index in [9.17, 15) is 4.79 Å². The van der Waals surface area contributed by atoms with Gasteiger partial charge in [-0.05, 0) is 37.3 Å². The van der Waals surface area contributed by atoms with Crippen molar-refractivity contribution in [3.63, 3.8) is 0 Å². The Morgan fingerprint density at radius 2 is 2.03 bits per heavy atom. The van der Waals surface area contributed by atoms with Crippen LogP contribution in [0, 0.1) is 0 Å². The van der Waals surface area contributed by atoms with Crippen LogP contribution in [0.4, 0.5) is 0 Å². The summed E-state index contributed by atoms with van der Waals surface area (Å²) in [5.74, 6) is 0.599. The number of carbonyl (C=O) groups excluding carboxylic acids is 1. The number of benzene rings is 2. The molecule has 7 heteroatoms. The number of hydrogen-bond donors (Lipinski definition) is 1. The van der Waals surface area contributed by atoms with Crippen molar-refractivity contribution in [1.82, 2.24) is 15.2 Å². The van der Waals surface area contributed by atoms with Crippen LogP contribution in [0.25, 0.3) is 22.2 Å². The molecular weight excluding hydrogens is 414 g/mol. The molecule has 1 aliphatic heterocycles. The molecule has 6 nitrogen and oxygen atoms in total. The first-order chi connectivity index (χ1) is 15.1. The molecule has 0 saturated carbocycles. The fraction of sp³-hybridized carbons (Fsp3) is 0.333. The zero-order valence-electron chi connectivity index (χ0n) is 17.6. The van der Waals surface area contributed by atoms with E-state index in [1.54, 1.807) is 6.07 Å². The second kappa shape index (κ2) is 10.1. The third kappa shape index (κ3) is 5.34. The highest BCUT2D eigenvalue weighted by Gasteiger charge is 2.14. The number of nitrogens with one attached hydrogen (secondary N) is 1. The van der Waals surface area contributed by atoms with Crippen molar-refractivity contribution >= 4 is 28.4 Å². The first-order valence-corrected chi connectivity index (χ1v) is 10.9. The van der Waals surface area contributed by atoms with Gasteiger partial charge in [0.05, 0.1) is 31.0 Å². The van der Waals surface area contributed by atoms with E-state index < -0.39 is 0 Å². The molecule has 1 aromatic heterocycles. The number of nitrogens with zero attached hydrogens (tertiary/aromatic N) is 2. The predicted molar refractivity (Wildman–Crippen MR) is 123 cm³/mol. The molecule has 1 fully saturated rings. The van der Waals surface area contributed by atoms with E-state index in [4.69, 9.17) is 26.1 Å². The van der Waals surface area contributed by atoms with Gasteiger partial charge in [-0.15, -0.1) is 0 Å². The average molecular weight is 440 g/mol. The monoisotopic (exact) mass is 439 g/mol. The van der Waals surface area contributed by atoms with Gasteiger partial charge in [-0.1, -0.05) is 23.7 Å². The van der Waals surface area contributed by atoms with Crippen molar-refractivity contribution in [1.29, 1.82) is 0 Å². The third-order valence-electron chi connectivity index (χ3n) is 5.27. The fourth-order valence-electron chi connectivity index (χ4n) is 3.66. The Morgan fingerprint density at radius 1 is 1.19 bits per heavy atom. The van der Waals surface area contributed by atoms with Crippen LogP contribution >= 0.6 is 11.6 Å². The molecule has 3 aromatic rings. The molecule has 1 aliphatic rings. The summed E-state index contributed by atoms with van der Waals surface area (Å²) in [6.07, 6.45) is 0. The number of hydrogen-bond acceptors (Lipinski definition) is 5. The van der Waals surface area contributed by atoms with Gasteiger partial charge in [0, 0.05) is 53.8 Å². The van der Waals surface area contributed by atoms with Gasteiger partial charge >= 0.3 is 0 Å². The zero-order chi connectivity index (χ0) is 21.6. The molecule has 31 heavy (non-hydrogen) atoms. The summed E-state index contributed by atoms with van der Waals surface area (Å²) in [4.78, 5) is 19.7. The highest BCUT2D eigenvalue weighted by Crippen LogP contribution is 2.31. The van der Waals surface area contributed by atoms with E-state index in [0.717, 1.165) is 55.0 Å². The first kappa shape index (κ1) is 21.6. The van der Waals surface area contributed by atoms with Crippen LogP contribution in [0.1, 0.15) is 17.3 Å². The summed E-state index contributed by atoms with van der Waals surface area (Å²) < 4.78 is 11.2. The minimum atomic E-state index is -0.100. The van der Waals surface area contributed by atoms with E-state index in [0.29, 0.717) is 29.5 Å². The number of carbonyl (C=O) groups is 1. The molecule has 1 N–H and O–H groups in total. The van der Waals surface area contributed by atoms with Crippen LogP contribution in [-0.2, 0) is 4.74 Å². The molecule has 4 rings (SSSR count). The fourth-order valence-corrected chi connectivity index (χ4v) is 3.85. The second-order valence-electron chi connectivity index (χ2n) is 7.39. The van der Waals surface area contributed by atoms with Gasteiger partial charge in [0.1, 0.15) is 5.75 Å².